The maximum atomic E-state index is 13.1. The third kappa shape index (κ3) is 4.56. The van der Waals surface area contributed by atoms with E-state index in [1.165, 1.54) is 12.1 Å². The largest absolute Gasteiger partial charge is 0.491 e. The minimum Gasteiger partial charge on any atom is -0.491 e. The lowest BCUT2D eigenvalue weighted by atomic mass is 10.0. The van der Waals surface area contributed by atoms with Crippen LogP contribution in [0.2, 0.25) is 0 Å². The Bertz CT molecular complexity index is 725. The van der Waals surface area contributed by atoms with E-state index in [-0.39, 0.29) is 18.5 Å². The predicted molar refractivity (Wildman–Crippen MR) is 92.6 cm³/mol. The second-order valence-corrected chi connectivity index (χ2v) is 6.31. The van der Waals surface area contributed by atoms with Crippen molar-refractivity contribution < 1.29 is 14.2 Å². The molecule has 0 radical (unpaired) electrons. The molecule has 0 aliphatic carbocycles. The smallest absolute Gasteiger partial charge is 0.123 e. The zero-order valence-electron chi connectivity index (χ0n) is 13.9. The number of aliphatic hydroxyl groups is 1. The van der Waals surface area contributed by atoms with Crippen molar-refractivity contribution in [3.8, 4) is 11.8 Å². The fraction of sp³-hybridized carbons (Fsp3) is 0.350. The van der Waals surface area contributed by atoms with Crippen molar-refractivity contribution in [2.45, 2.75) is 25.0 Å². The molecule has 0 spiro atoms. The zero-order chi connectivity index (χ0) is 17.6. The summed E-state index contributed by atoms with van der Waals surface area (Å²) in [5.74, 6) is 0.402. The summed E-state index contributed by atoms with van der Waals surface area (Å²) < 4.78 is 18.7. The van der Waals surface area contributed by atoms with E-state index in [1.54, 1.807) is 24.3 Å². The summed E-state index contributed by atoms with van der Waals surface area (Å²) in [6.45, 7) is 1.62. The van der Waals surface area contributed by atoms with Crippen molar-refractivity contribution in [3.63, 3.8) is 0 Å². The number of likely N-dealkylation sites (tertiary alicyclic amines) is 1. The highest BCUT2D eigenvalue weighted by Gasteiger charge is 2.27. The van der Waals surface area contributed by atoms with Gasteiger partial charge in [-0.1, -0.05) is 12.1 Å². The molecule has 0 saturated carbocycles. The van der Waals surface area contributed by atoms with Gasteiger partial charge >= 0.3 is 0 Å². The number of nitrogens with zero attached hydrogens (tertiary/aromatic N) is 2. The van der Waals surface area contributed by atoms with Crippen LogP contribution < -0.4 is 4.74 Å². The Morgan fingerprint density at radius 1 is 1.20 bits per heavy atom. The average Bonchev–Trinajstić information content (AvgIpc) is 3.09. The van der Waals surface area contributed by atoms with Crippen molar-refractivity contribution in [2.24, 2.45) is 0 Å². The van der Waals surface area contributed by atoms with Crippen LogP contribution in [0.1, 0.15) is 30.0 Å². The molecule has 2 aromatic rings. The Hall–Kier alpha value is -2.42. The number of benzene rings is 2. The van der Waals surface area contributed by atoms with Crippen LogP contribution in [0.5, 0.6) is 5.75 Å². The Morgan fingerprint density at radius 2 is 1.92 bits per heavy atom. The Morgan fingerprint density at radius 3 is 2.60 bits per heavy atom. The normalized spacial score (nSPS) is 18.7. The molecule has 2 aromatic carbocycles. The maximum Gasteiger partial charge on any atom is 0.123 e. The number of hydrogen-bond donors (Lipinski definition) is 1. The molecule has 0 bridgehead atoms. The van der Waals surface area contributed by atoms with E-state index in [0.29, 0.717) is 17.9 Å². The van der Waals surface area contributed by atoms with E-state index >= 15 is 0 Å². The minimum atomic E-state index is -0.614. The molecule has 0 amide bonds. The second kappa shape index (κ2) is 8.11. The summed E-state index contributed by atoms with van der Waals surface area (Å²) in [7, 11) is 0. The Labute approximate surface area is 147 Å². The molecular weight excluding hydrogens is 319 g/mol. The molecule has 1 fully saturated rings. The lowest BCUT2D eigenvalue weighted by Crippen LogP contribution is -2.35. The van der Waals surface area contributed by atoms with Gasteiger partial charge in [-0.3, -0.25) is 4.90 Å². The third-order valence-corrected chi connectivity index (χ3v) is 4.49. The van der Waals surface area contributed by atoms with Gasteiger partial charge in [0.25, 0.3) is 0 Å². The molecule has 1 aliphatic rings. The number of nitriles is 1. The SMILES string of the molecule is N#Cc1ccc(OC[C@H](O)CN2CCC[C@@H]2c2ccc(F)cc2)cc1. The number of aliphatic hydroxyl groups excluding tert-OH is 1. The molecule has 25 heavy (non-hydrogen) atoms. The van der Waals surface area contributed by atoms with Crippen LogP contribution >= 0.6 is 0 Å². The maximum absolute atomic E-state index is 13.1. The first-order valence-corrected chi connectivity index (χ1v) is 8.46. The van der Waals surface area contributed by atoms with Crippen LogP contribution in [-0.4, -0.2) is 35.8 Å². The fourth-order valence-electron chi connectivity index (χ4n) is 3.25. The Balaban J connectivity index is 1.53. The van der Waals surface area contributed by atoms with Crippen LogP contribution in [0.3, 0.4) is 0 Å². The van der Waals surface area contributed by atoms with Crippen LogP contribution in [0.15, 0.2) is 48.5 Å². The summed E-state index contributed by atoms with van der Waals surface area (Å²) in [4.78, 5) is 2.22. The first kappa shape index (κ1) is 17.4. The van der Waals surface area contributed by atoms with Gasteiger partial charge < -0.3 is 9.84 Å². The lowest BCUT2D eigenvalue weighted by Gasteiger charge is -2.27. The number of halogens is 1. The molecule has 3 rings (SSSR count). The van der Waals surface area contributed by atoms with E-state index in [4.69, 9.17) is 10.00 Å². The monoisotopic (exact) mass is 340 g/mol. The molecule has 130 valence electrons. The van der Waals surface area contributed by atoms with E-state index in [0.717, 1.165) is 24.9 Å². The van der Waals surface area contributed by atoms with Crippen molar-refractivity contribution >= 4 is 0 Å². The Kier molecular flexibility index (Phi) is 5.64. The number of rotatable bonds is 6. The van der Waals surface area contributed by atoms with Crippen molar-refractivity contribution in [1.82, 2.24) is 4.90 Å². The van der Waals surface area contributed by atoms with Crippen LogP contribution in [0, 0.1) is 17.1 Å². The minimum absolute atomic E-state index is 0.193. The van der Waals surface area contributed by atoms with Crippen LogP contribution in [0.25, 0.3) is 0 Å². The lowest BCUT2D eigenvalue weighted by molar-refractivity contribution is 0.0638. The summed E-state index contributed by atoms with van der Waals surface area (Å²) in [5, 5.41) is 19.1. The van der Waals surface area contributed by atoms with Crippen molar-refractivity contribution in [3.05, 3.63) is 65.5 Å². The summed E-state index contributed by atoms with van der Waals surface area (Å²) >= 11 is 0. The number of hydrogen-bond acceptors (Lipinski definition) is 4. The highest BCUT2D eigenvalue weighted by Crippen LogP contribution is 2.31. The summed E-state index contributed by atoms with van der Waals surface area (Å²) in [5.41, 5.74) is 1.66. The first-order chi connectivity index (χ1) is 12.2. The standard InChI is InChI=1S/C20H21FN2O2/c21-17-7-5-16(6-8-17)20-2-1-11-23(20)13-18(24)14-25-19-9-3-15(12-22)4-10-19/h3-10,18,20,24H,1-2,11,13-14H2/t18-,20-/m1/s1. The fourth-order valence-corrected chi connectivity index (χ4v) is 3.25. The van der Waals surface area contributed by atoms with Gasteiger partial charge in [0.2, 0.25) is 0 Å². The van der Waals surface area contributed by atoms with Gasteiger partial charge in [0.05, 0.1) is 11.6 Å². The number of β-amino-alcohol motifs (C(OH)–C–C–N with tert-alkyl or cyclic N) is 1. The van der Waals surface area contributed by atoms with Gasteiger partial charge in [-0.2, -0.15) is 5.26 Å². The quantitative estimate of drug-likeness (QED) is 0.877. The number of ether oxygens (including phenoxy) is 1. The van der Waals surface area contributed by atoms with Crippen molar-refractivity contribution in [1.29, 1.82) is 5.26 Å². The van der Waals surface area contributed by atoms with Gasteiger partial charge in [0, 0.05) is 12.6 Å². The third-order valence-electron chi connectivity index (χ3n) is 4.49. The van der Waals surface area contributed by atoms with Gasteiger partial charge in [0.15, 0.2) is 0 Å². The molecule has 0 unspecified atom stereocenters. The van der Waals surface area contributed by atoms with Crippen LogP contribution in [0.4, 0.5) is 4.39 Å². The van der Waals surface area contributed by atoms with E-state index in [1.807, 2.05) is 12.1 Å². The van der Waals surface area contributed by atoms with Gasteiger partial charge in [-0.15, -0.1) is 0 Å². The predicted octanol–water partition coefficient (Wildman–Crippen LogP) is 3.27. The molecular formula is C20H21FN2O2. The van der Waals surface area contributed by atoms with E-state index < -0.39 is 6.10 Å². The highest BCUT2D eigenvalue weighted by atomic mass is 19.1. The highest BCUT2D eigenvalue weighted by molar-refractivity contribution is 5.34. The van der Waals surface area contributed by atoms with E-state index in [9.17, 15) is 9.50 Å². The molecule has 1 aliphatic heterocycles. The average molecular weight is 340 g/mol. The topological polar surface area (TPSA) is 56.5 Å². The second-order valence-electron chi connectivity index (χ2n) is 6.31. The summed E-state index contributed by atoms with van der Waals surface area (Å²) in [6, 6.07) is 15.7. The molecule has 2 atom stereocenters. The first-order valence-electron chi connectivity index (χ1n) is 8.46. The molecule has 0 aromatic heterocycles. The molecule has 1 N–H and O–H groups in total. The molecule has 5 heteroatoms. The van der Waals surface area contributed by atoms with E-state index in [2.05, 4.69) is 11.0 Å². The van der Waals surface area contributed by atoms with Gasteiger partial charge in [-0.05, 0) is 61.3 Å². The zero-order valence-corrected chi connectivity index (χ0v) is 13.9. The van der Waals surface area contributed by atoms with Crippen molar-refractivity contribution in [2.75, 3.05) is 19.7 Å². The molecule has 1 saturated heterocycles. The summed E-state index contributed by atoms with van der Waals surface area (Å²) in [6.07, 6.45) is 1.46. The van der Waals surface area contributed by atoms with Gasteiger partial charge in [0.1, 0.15) is 24.3 Å². The van der Waals surface area contributed by atoms with Crippen LogP contribution in [-0.2, 0) is 0 Å². The molecule has 1 heterocycles. The van der Waals surface area contributed by atoms with Gasteiger partial charge in [-0.25, -0.2) is 4.39 Å². The molecule has 4 nitrogen and oxygen atoms in total.